The predicted molar refractivity (Wildman–Crippen MR) is 34.0 cm³/mol. The standard InChI is InChI=1S/C5H14N2.H2/c1-5(2,3-6)4-7;/h3-4,6-7H2,1-2H3;1H. The molecule has 7 heavy (non-hydrogen) atoms. The Kier molecular flexibility index (Phi) is 2.26. The SMILES string of the molecule is CC(C)(CN)CN.[HH]. The van der Waals surface area contributed by atoms with Crippen molar-refractivity contribution in [3.05, 3.63) is 0 Å². The monoisotopic (exact) mass is 104 g/mol. The van der Waals surface area contributed by atoms with Crippen LogP contribution in [-0.2, 0) is 0 Å². The molecule has 46 valence electrons. The van der Waals surface area contributed by atoms with E-state index in [0.29, 0.717) is 13.1 Å². The van der Waals surface area contributed by atoms with Gasteiger partial charge >= 0.3 is 0 Å². The molecule has 0 unspecified atom stereocenters. The largest absolute Gasteiger partial charge is 0.330 e. The molecule has 0 spiro atoms. The third-order valence-electron chi connectivity index (χ3n) is 1.11. The van der Waals surface area contributed by atoms with Gasteiger partial charge in [-0.3, -0.25) is 0 Å². The molecule has 0 aromatic rings. The molecule has 0 rings (SSSR count). The second-order valence-electron chi connectivity index (χ2n) is 2.57. The normalized spacial score (nSPS) is 12.0. The molecule has 0 amide bonds. The van der Waals surface area contributed by atoms with Crippen molar-refractivity contribution in [1.82, 2.24) is 0 Å². The average Bonchev–Trinajstić information content (AvgIpc) is 1.68. The van der Waals surface area contributed by atoms with Gasteiger partial charge in [0.25, 0.3) is 0 Å². The van der Waals surface area contributed by atoms with Crippen LogP contribution in [0.5, 0.6) is 0 Å². The highest BCUT2D eigenvalue weighted by atomic mass is 14.6. The molecule has 0 heterocycles. The summed E-state index contributed by atoms with van der Waals surface area (Å²) in [5, 5.41) is 0. The molecule has 0 radical (unpaired) electrons. The maximum absolute atomic E-state index is 5.34. The molecule has 0 aliphatic carbocycles. The van der Waals surface area contributed by atoms with Crippen molar-refractivity contribution in [3.63, 3.8) is 0 Å². The van der Waals surface area contributed by atoms with E-state index in [9.17, 15) is 0 Å². The molecule has 0 aromatic heterocycles. The van der Waals surface area contributed by atoms with E-state index >= 15 is 0 Å². The maximum atomic E-state index is 5.34. The summed E-state index contributed by atoms with van der Waals surface area (Å²) in [6, 6.07) is 0. The fourth-order valence-corrected chi connectivity index (χ4v) is 0.0833. The van der Waals surface area contributed by atoms with E-state index in [0.717, 1.165) is 0 Å². The van der Waals surface area contributed by atoms with Crippen LogP contribution in [0.15, 0.2) is 0 Å². The summed E-state index contributed by atoms with van der Waals surface area (Å²) in [6.45, 7) is 5.44. The van der Waals surface area contributed by atoms with Crippen molar-refractivity contribution < 1.29 is 1.43 Å². The highest BCUT2D eigenvalue weighted by Gasteiger charge is 2.10. The van der Waals surface area contributed by atoms with Crippen LogP contribution in [0, 0.1) is 5.41 Å². The zero-order chi connectivity index (χ0) is 5.91. The van der Waals surface area contributed by atoms with Crippen LogP contribution >= 0.6 is 0 Å². The summed E-state index contributed by atoms with van der Waals surface area (Å²) in [7, 11) is 0. The second-order valence-corrected chi connectivity index (χ2v) is 2.57. The van der Waals surface area contributed by atoms with Crippen LogP contribution in [0.4, 0.5) is 0 Å². The van der Waals surface area contributed by atoms with Crippen LogP contribution in [-0.4, -0.2) is 13.1 Å². The Morgan fingerprint density at radius 1 is 1.29 bits per heavy atom. The first-order valence-corrected chi connectivity index (χ1v) is 2.52. The Morgan fingerprint density at radius 3 is 1.57 bits per heavy atom. The number of hydrogen-bond donors (Lipinski definition) is 2. The molecule has 2 heteroatoms. The summed E-state index contributed by atoms with van der Waals surface area (Å²) in [6.07, 6.45) is 0. The molecule has 2 nitrogen and oxygen atoms in total. The molecule has 0 saturated heterocycles. The lowest BCUT2D eigenvalue weighted by atomic mass is 9.95. The van der Waals surface area contributed by atoms with E-state index in [1.807, 2.05) is 13.8 Å². The van der Waals surface area contributed by atoms with Crippen LogP contribution in [0.3, 0.4) is 0 Å². The zero-order valence-electron chi connectivity index (χ0n) is 5.07. The summed E-state index contributed by atoms with van der Waals surface area (Å²) in [5.41, 5.74) is 10.8. The molecule has 4 N–H and O–H groups in total. The fourth-order valence-electron chi connectivity index (χ4n) is 0.0833. The molecule has 0 aliphatic rings. The molecule has 0 fully saturated rings. The lowest BCUT2D eigenvalue weighted by Crippen LogP contribution is -2.31. The Bertz CT molecular complexity index is 48.4. The summed E-state index contributed by atoms with van der Waals surface area (Å²) >= 11 is 0. The molecule has 0 aliphatic heterocycles. The van der Waals surface area contributed by atoms with Gasteiger partial charge < -0.3 is 11.5 Å². The minimum Gasteiger partial charge on any atom is -0.330 e. The predicted octanol–water partition coefficient (Wildman–Crippen LogP) is 0.176. The second kappa shape index (κ2) is 2.28. The van der Waals surface area contributed by atoms with Crippen molar-refractivity contribution in [1.29, 1.82) is 0 Å². The molecule has 0 bridgehead atoms. The highest BCUT2D eigenvalue weighted by molar-refractivity contribution is 4.68. The van der Waals surface area contributed by atoms with E-state index < -0.39 is 0 Å². The molecular weight excluding hydrogens is 88.1 g/mol. The summed E-state index contributed by atoms with van der Waals surface area (Å²) in [4.78, 5) is 0. The van der Waals surface area contributed by atoms with Crippen LogP contribution < -0.4 is 11.5 Å². The van der Waals surface area contributed by atoms with Gasteiger partial charge in [0.2, 0.25) is 0 Å². The smallest absolute Gasteiger partial charge is 0 e. The lowest BCUT2D eigenvalue weighted by Gasteiger charge is -2.18. The van der Waals surface area contributed by atoms with Gasteiger partial charge in [0.15, 0.2) is 0 Å². The highest BCUT2D eigenvalue weighted by Crippen LogP contribution is 2.07. The first-order chi connectivity index (χ1) is 3.12. The molecular formula is C5H16N2. The van der Waals surface area contributed by atoms with Gasteiger partial charge in [-0.15, -0.1) is 0 Å². The van der Waals surface area contributed by atoms with E-state index in [2.05, 4.69) is 0 Å². The molecule has 0 saturated carbocycles. The minimum absolute atomic E-state index is 0. The van der Waals surface area contributed by atoms with Gasteiger partial charge in [0.1, 0.15) is 0 Å². The maximum Gasteiger partial charge on any atom is 0 e. The quantitative estimate of drug-likeness (QED) is 0.525. The first kappa shape index (κ1) is 6.92. The van der Waals surface area contributed by atoms with E-state index in [4.69, 9.17) is 11.5 Å². The Hall–Kier alpha value is -0.0800. The first-order valence-electron chi connectivity index (χ1n) is 2.52. The van der Waals surface area contributed by atoms with Gasteiger partial charge in [0, 0.05) is 1.43 Å². The number of rotatable bonds is 2. The topological polar surface area (TPSA) is 52.0 Å². The minimum atomic E-state index is 0. The van der Waals surface area contributed by atoms with Crippen molar-refractivity contribution in [2.45, 2.75) is 13.8 Å². The number of hydrogen-bond acceptors (Lipinski definition) is 2. The van der Waals surface area contributed by atoms with Gasteiger partial charge in [-0.25, -0.2) is 0 Å². The summed E-state index contributed by atoms with van der Waals surface area (Å²) < 4.78 is 0. The van der Waals surface area contributed by atoms with Crippen molar-refractivity contribution in [2.75, 3.05) is 13.1 Å². The third kappa shape index (κ3) is 2.60. The van der Waals surface area contributed by atoms with E-state index in [1.165, 1.54) is 0 Å². The zero-order valence-corrected chi connectivity index (χ0v) is 5.07. The Labute approximate surface area is 46.4 Å². The summed E-state index contributed by atoms with van der Waals surface area (Å²) in [5.74, 6) is 0. The van der Waals surface area contributed by atoms with Crippen molar-refractivity contribution in [3.8, 4) is 0 Å². The Balaban J connectivity index is 0. The third-order valence-corrected chi connectivity index (χ3v) is 1.11. The van der Waals surface area contributed by atoms with Crippen LogP contribution in [0.2, 0.25) is 0 Å². The van der Waals surface area contributed by atoms with Gasteiger partial charge in [-0.1, -0.05) is 13.8 Å². The Morgan fingerprint density at radius 2 is 1.57 bits per heavy atom. The van der Waals surface area contributed by atoms with Gasteiger partial charge in [-0.2, -0.15) is 0 Å². The number of nitrogens with two attached hydrogens (primary N) is 2. The molecule has 0 atom stereocenters. The van der Waals surface area contributed by atoms with Crippen molar-refractivity contribution in [2.24, 2.45) is 16.9 Å². The van der Waals surface area contributed by atoms with E-state index in [1.54, 1.807) is 0 Å². The van der Waals surface area contributed by atoms with Crippen LogP contribution in [0.25, 0.3) is 0 Å². The van der Waals surface area contributed by atoms with E-state index in [-0.39, 0.29) is 6.84 Å². The molecule has 0 aromatic carbocycles. The van der Waals surface area contributed by atoms with Gasteiger partial charge in [0.05, 0.1) is 0 Å². The average molecular weight is 104 g/mol. The lowest BCUT2D eigenvalue weighted by molar-refractivity contribution is 0.393. The fraction of sp³-hybridized carbons (Fsp3) is 1.00. The van der Waals surface area contributed by atoms with Gasteiger partial charge in [-0.05, 0) is 18.5 Å². The van der Waals surface area contributed by atoms with Crippen molar-refractivity contribution >= 4 is 0 Å². The van der Waals surface area contributed by atoms with Crippen LogP contribution in [0.1, 0.15) is 15.3 Å².